The molecule has 0 spiro atoms. The number of allylic oxidation sites excluding steroid dienone is 1. The van der Waals surface area contributed by atoms with Crippen molar-refractivity contribution in [1.82, 2.24) is 16.2 Å². The number of rotatable bonds is 2. The van der Waals surface area contributed by atoms with Gasteiger partial charge in [0.25, 0.3) is 5.91 Å². The second kappa shape index (κ2) is 5.16. The van der Waals surface area contributed by atoms with E-state index in [1.54, 1.807) is 18.5 Å². The van der Waals surface area contributed by atoms with Crippen LogP contribution in [0.1, 0.15) is 5.56 Å². The van der Waals surface area contributed by atoms with Crippen LogP contribution < -0.4 is 21.9 Å². The molecule has 0 saturated heterocycles. The Morgan fingerprint density at radius 2 is 2.12 bits per heavy atom. The fraction of sp³-hybridized carbons (Fsp3) is 0.0833. The van der Waals surface area contributed by atoms with Crippen molar-refractivity contribution < 1.29 is 0 Å². The predicted octanol–water partition coefficient (Wildman–Crippen LogP) is -0.152. The summed E-state index contributed by atoms with van der Waals surface area (Å²) in [6, 6.07) is 12.4. The SMILES string of the molecule is NC1(NNC#Cc2ccccc2)N=CC=CN1. The Bertz CT molecular complexity index is 483. The highest BCUT2D eigenvalue weighted by molar-refractivity contribution is 5.72. The third kappa shape index (κ3) is 3.34. The van der Waals surface area contributed by atoms with Gasteiger partial charge in [0.2, 0.25) is 0 Å². The van der Waals surface area contributed by atoms with Gasteiger partial charge in [-0.2, -0.15) is 5.43 Å². The topological polar surface area (TPSA) is 74.5 Å². The lowest BCUT2D eigenvalue weighted by Gasteiger charge is -2.26. The zero-order chi connectivity index (χ0) is 12.0. The first-order valence-corrected chi connectivity index (χ1v) is 5.14. The van der Waals surface area contributed by atoms with Gasteiger partial charge >= 0.3 is 0 Å². The minimum atomic E-state index is -1.06. The summed E-state index contributed by atoms with van der Waals surface area (Å²) in [5.74, 6) is 1.87. The molecule has 0 amide bonds. The molecular weight excluding hydrogens is 214 g/mol. The number of hydrazine groups is 1. The Morgan fingerprint density at radius 1 is 1.29 bits per heavy atom. The quantitative estimate of drug-likeness (QED) is 0.245. The molecule has 5 nitrogen and oxygen atoms in total. The van der Waals surface area contributed by atoms with Crippen molar-refractivity contribution in [3.8, 4) is 12.0 Å². The number of nitrogens with one attached hydrogen (secondary N) is 3. The number of hydrogen-bond donors (Lipinski definition) is 4. The lowest BCUT2D eigenvalue weighted by molar-refractivity contribution is 0.289. The summed E-state index contributed by atoms with van der Waals surface area (Å²) in [6.45, 7) is 0. The maximum absolute atomic E-state index is 5.84. The Balaban J connectivity index is 1.86. The van der Waals surface area contributed by atoms with Crippen LogP contribution in [0, 0.1) is 12.0 Å². The van der Waals surface area contributed by atoms with Gasteiger partial charge in [0, 0.05) is 24.0 Å². The fourth-order valence-corrected chi connectivity index (χ4v) is 1.24. The van der Waals surface area contributed by atoms with Gasteiger partial charge in [0.1, 0.15) is 0 Å². The van der Waals surface area contributed by atoms with E-state index < -0.39 is 5.91 Å². The van der Waals surface area contributed by atoms with Gasteiger partial charge in [-0.1, -0.05) is 18.2 Å². The molecule has 0 aromatic heterocycles. The molecule has 5 heteroatoms. The van der Waals surface area contributed by atoms with Gasteiger partial charge in [-0.3, -0.25) is 11.2 Å². The van der Waals surface area contributed by atoms with Gasteiger partial charge in [-0.25, -0.2) is 4.99 Å². The summed E-state index contributed by atoms with van der Waals surface area (Å²) in [5.41, 5.74) is 12.2. The Kier molecular flexibility index (Phi) is 3.40. The van der Waals surface area contributed by atoms with Gasteiger partial charge in [-0.15, -0.1) is 0 Å². The normalized spacial score (nSPS) is 21.2. The molecule has 1 heterocycles. The molecule has 2 rings (SSSR count). The van der Waals surface area contributed by atoms with Gasteiger partial charge in [0.05, 0.1) is 0 Å². The highest BCUT2D eigenvalue weighted by atomic mass is 15.6. The van der Waals surface area contributed by atoms with E-state index in [0.29, 0.717) is 0 Å². The smallest absolute Gasteiger partial charge is 0.258 e. The molecule has 1 aromatic rings. The first kappa shape index (κ1) is 11.2. The van der Waals surface area contributed by atoms with E-state index in [2.05, 4.69) is 33.1 Å². The van der Waals surface area contributed by atoms with Crippen LogP contribution in [0.5, 0.6) is 0 Å². The molecular formula is C12H13N5. The van der Waals surface area contributed by atoms with Crippen molar-refractivity contribution in [2.75, 3.05) is 0 Å². The van der Waals surface area contributed by atoms with Crippen LogP contribution in [0.25, 0.3) is 0 Å². The second-order valence-electron chi connectivity index (χ2n) is 3.41. The van der Waals surface area contributed by atoms with Crippen molar-refractivity contribution in [3.05, 3.63) is 48.2 Å². The molecule has 0 fully saturated rings. The van der Waals surface area contributed by atoms with E-state index in [1.165, 1.54) is 0 Å². The van der Waals surface area contributed by atoms with Gasteiger partial charge < -0.3 is 5.32 Å². The number of nitrogens with zero attached hydrogens (tertiary/aromatic N) is 1. The average molecular weight is 227 g/mol. The molecule has 17 heavy (non-hydrogen) atoms. The van der Waals surface area contributed by atoms with Crippen LogP contribution in [-0.2, 0) is 0 Å². The molecule has 1 aliphatic heterocycles. The molecule has 86 valence electrons. The summed E-state index contributed by atoms with van der Waals surface area (Å²) >= 11 is 0. The molecule has 1 aliphatic rings. The standard InChI is InChI=1S/C12H13N5/c13-12(14-8-4-9-15-12)17-16-10-7-11-5-2-1-3-6-11/h1-6,8-9,14,16-17H,13H2. The monoisotopic (exact) mass is 227 g/mol. The van der Waals surface area contributed by atoms with Gasteiger partial charge in [-0.05, 0) is 24.1 Å². The van der Waals surface area contributed by atoms with Crippen LogP contribution in [0.3, 0.4) is 0 Å². The van der Waals surface area contributed by atoms with E-state index >= 15 is 0 Å². The predicted molar refractivity (Wildman–Crippen MR) is 67.3 cm³/mol. The summed E-state index contributed by atoms with van der Waals surface area (Å²) < 4.78 is 0. The molecule has 1 aromatic carbocycles. The molecule has 5 N–H and O–H groups in total. The summed E-state index contributed by atoms with van der Waals surface area (Å²) in [7, 11) is 0. The highest BCUT2D eigenvalue weighted by Crippen LogP contribution is 1.95. The number of benzene rings is 1. The maximum Gasteiger partial charge on any atom is 0.258 e. The van der Waals surface area contributed by atoms with E-state index in [-0.39, 0.29) is 0 Å². The summed E-state index contributed by atoms with van der Waals surface area (Å²) in [4.78, 5) is 4.02. The van der Waals surface area contributed by atoms with E-state index in [0.717, 1.165) is 5.56 Å². The fourth-order valence-electron chi connectivity index (χ4n) is 1.24. The van der Waals surface area contributed by atoms with Crippen LogP contribution >= 0.6 is 0 Å². The third-order valence-electron chi connectivity index (χ3n) is 2.06. The van der Waals surface area contributed by atoms with Crippen LogP contribution in [0.15, 0.2) is 47.6 Å². The first-order chi connectivity index (χ1) is 8.29. The minimum absolute atomic E-state index is 0.924. The van der Waals surface area contributed by atoms with Gasteiger partial charge in [0.15, 0.2) is 0 Å². The minimum Gasteiger partial charge on any atom is -0.341 e. The molecule has 1 unspecified atom stereocenters. The third-order valence-corrected chi connectivity index (χ3v) is 2.06. The Morgan fingerprint density at radius 3 is 2.82 bits per heavy atom. The van der Waals surface area contributed by atoms with Crippen LogP contribution in [0.2, 0.25) is 0 Å². The Hall–Kier alpha value is -2.29. The number of nitrogens with two attached hydrogens (primary N) is 1. The number of aliphatic imine (C=N–C) groups is 1. The zero-order valence-electron chi connectivity index (χ0n) is 9.14. The van der Waals surface area contributed by atoms with Crippen LogP contribution in [0.4, 0.5) is 0 Å². The molecule has 0 radical (unpaired) electrons. The number of hydrogen-bond acceptors (Lipinski definition) is 5. The second-order valence-corrected chi connectivity index (χ2v) is 3.41. The average Bonchev–Trinajstić information content (AvgIpc) is 2.37. The van der Waals surface area contributed by atoms with Crippen molar-refractivity contribution in [2.24, 2.45) is 10.7 Å². The van der Waals surface area contributed by atoms with Crippen molar-refractivity contribution >= 4 is 6.21 Å². The van der Waals surface area contributed by atoms with E-state index in [1.807, 2.05) is 30.3 Å². The highest BCUT2D eigenvalue weighted by Gasteiger charge is 2.20. The summed E-state index contributed by atoms with van der Waals surface area (Å²) in [6.07, 6.45) is 5.06. The van der Waals surface area contributed by atoms with E-state index in [4.69, 9.17) is 5.73 Å². The lowest BCUT2D eigenvalue weighted by Crippen LogP contribution is -2.65. The van der Waals surface area contributed by atoms with Crippen molar-refractivity contribution in [3.63, 3.8) is 0 Å². The first-order valence-electron chi connectivity index (χ1n) is 5.14. The van der Waals surface area contributed by atoms with Crippen molar-refractivity contribution in [2.45, 2.75) is 5.91 Å². The largest absolute Gasteiger partial charge is 0.341 e. The molecule has 0 bridgehead atoms. The molecule has 1 atom stereocenters. The maximum atomic E-state index is 5.84. The van der Waals surface area contributed by atoms with Crippen molar-refractivity contribution in [1.29, 1.82) is 0 Å². The van der Waals surface area contributed by atoms with E-state index in [9.17, 15) is 0 Å². The molecule has 0 saturated carbocycles. The zero-order valence-corrected chi connectivity index (χ0v) is 9.14. The molecule has 0 aliphatic carbocycles. The lowest BCUT2D eigenvalue weighted by atomic mass is 10.2. The summed E-state index contributed by atoms with van der Waals surface area (Å²) in [5, 5.41) is 2.85. The Labute approximate surface area is 99.8 Å². The van der Waals surface area contributed by atoms with Crippen LogP contribution in [-0.4, -0.2) is 12.1 Å².